The lowest BCUT2D eigenvalue weighted by Crippen LogP contribution is -1.90. The predicted molar refractivity (Wildman–Crippen MR) is 84.4 cm³/mol. The first kappa shape index (κ1) is 17.1. The van der Waals surface area contributed by atoms with Gasteiger partial charge in [-0.05, 0) is 65.8 Å². The molecule has 0 N–H and O–H groups in total. The summed E-state index contributed by atoms with van der Waals surface area (Å²) in [5, 5.41) is 16.8. The molecule has 0 fully saturated rings. The monoisotopic (exact) mass is 396 g/mol. The highest BCUT2D eigenvalue weighted by molar-refractivity contribution is 14.1. The Kier molecular flexibility index (Phi) is 6.26. The van der Waals surface area contributed by atoms with Crippen molar-refractivity contribution in [3.63, 3.8) is 0 Å². The molecule has 0 heterocycles. The van der Waals surface area contributed by atoms with Crippen LogP contribution in [0.1, 0.15) is 22.3 Å². The quantitative estimate of drug-likeness (QED) is 0.611. The molecule has 21 heavy (non-hydrogen) atoms. The van der Waals surface area contributed by atoms with Crippen LogP contribution >= 0.6 is 22.6 Å². The van der Waals surface area contributed by atoms with E-state index < -0.39 is 11.6 Å². The van der Waals surface area contributed by atoms with Crippen molar-refractivity contribution in [3.8, 4) is 12.1 Å². The number of nitriles is 2. The minimum Gasteiger partial charge on any atom is -0.206 e. The first-order valence-corrected chi connectivity index (χ1v) is 6.99. The minimum atomic E-state index is -0.442. The highest BCUT2D eigenvalue weighted by atomic mass is 127. The molecule has 0 saturated heterocycles. The van der Waals surface area contributed by atoms with Crippen molar-refractivity contribution >= 4 is 22.6 Å². The van der Waals surface area contributed by atoms with E-state index in [0.29, 0.717) is 3.57 Å². The number of rotatable bonds is 0. The van der Waals surface area contributed by atoms with Crippen LogP contribution in [0.25, 0.3) is 0 Å². The van der Waals surface area contributed by atoms with Gasteiger partial charge in [0.05, 0.1) is 14.7 Å². The highest BCUT2D eigenvalue weighted by Gasteiger charge is 2.06. The second kappa shape index (κ2) is 7.70. The second-order valence-electron chi connectivity index (χ2n) is 4.26. The molecule has 0 aliphatic rings. The normalized spacial score (nSPS) is 9.10. The summed E-state index contributed by atoms with van der Waals surface area (Å²) in [7, 11) is 0. The Morgan fingerprint density at radius 1 is 0.952 bits per heavy atom. The zero-order chi connectivity index (χ0) is 16.0. The first-order valence-electron chi connectivity index (χ1n) is 5.91. The molecule has 0 aliphatic carbocycles. The van der Waals surface area contributed by atoms with Crippen molar-refractivity contribution in [2.24, 2.45) is 0 Å². The third-order valence-corrected chi connectivity index (χ3v) is 3.97. The van der Waals surface area contributed by atoms with Crippen molar-refractivity contribution in [1.82, 2.24) is 0 Å². The maximum atomic E-state index is 13.0. The molecule has 0 saturated carbocycles. The Labute approximate surface area is 135 Å². The van der Waals surface area contributed by atoms with Gasteiger partial charge in [0, 0.05) is 0 Å². The summed E-state index contributed by atoms with van der Waals surface area (Å²) in [5.41, 5.74) is 1.91. The van der Waals surface area contributed by atoms with E-state index in [1.165, 1.54) is 18.2 Å². The molecule has 2 aromatic carbocycles. The van der Waals surface area contributed by atoms with Crippen molar-refractivity contribution < 1.29 is 8.78 Å². The van der Waals surface area contributed by atoms with E-state index in [-0.39, 0.29) is 11.1 Å². The summed E-state index contributed by atoms with van der Waals surface area (Å²) >= 11 is 1.89. The maximum Gasteiger partial charge on any atom is 0.154 e. The van der Waals surface area contributed by atoms with Gasteiger partial charge >= 0.3 is 0 Å². The van der Waals surface area contributed by atoms with Gasteiger partial charge in [-0.1, -0.05) is 12.1 Å². The Hall–Kier alpha value is -1.99. The SMILES string of the molecule is Cc1ccc(C#N)c(F)c1.Cc1ccc(C#N)c(F)c1I. The fourth-order valence-electron chi connectivity index (χ4n) is 1.44. The molecule has 5 heteroatoms. The zero-order valence-corrected chi connectivity index (χ0v) is 13.6. The van der Waals surface area contributed by atoms with Crippen LogP contribution in [0.3, 0.4) is 0 Å². The summed E-state index contributed by atoms with van der Waals surface area (Å²) in [5.74, 6) is -0.851. The third kappa shape index (κ3) is 4.51. The molecule has 0 radical (unpaired) electrons. The van der Waals surface area contributed by atoms with Crippen molar-refractivity contribution in [2.75, 3.05) is 0 Å². The van der Waals surface area contributed by atoms with E-state index in [9.17, 15) is 8.78 Å². The number of benzene rings is 2. The van der Waals surface area contributed by atoms with Crippen molar-refractivity contribution in [3.05, 3.63) is 67.8 Å². The van der Waals surface area contributed by atoms with E-state index in [0.717, 1.165) is 11.1 Å². The molecule has 2 nitrogen and oxygen atoms in total. The molecule has 0 atom stereocenters. The van der Waals surface area contributed by atoms with Gasteiger partial charge in [-0.3, -0.25) is 0 Å². The second-order valence-corrected chi connectivity index (χ2v) is 5.34. The standard InChI is InChI=1S/C8H5FIN.C8H6FN/c1-5-2-3-6(4-11)7(9)8(5)10;1-6-2-3-7(5-10)8(9)4-6/h2-3H,1H3;2-4H,1H3. The van der Waals surface area contributed by atoms with Crippen LogP contribution in [-0.2, 0) is 0 Å². The van der Waals surface area contributed by atoms with Crippen LogP contribution in [-0.4, -0.2) is 0 Å². The van der Waals surface area contributed by atoms with Gasteiger partial charge in [-0.15, -0.1) is 0 Å². The molecule has 0 unspecified atom stereocenters. The van der Waals surface area contributed by atoms with E-state index in [2.05, 4.69) is 0 Å². The lowest BCUT2D eigenvalue weighted by Gasteiger charge is -1.99. The predicted octanol–water partition coefficient (Wildman–Crippen LogP) is 4.62. The molecular formula is C16H11F2IN2. The molecule has 0 amide bonds. The van der Waals surface area contributed by atoms with Gasteiger partial charge in [-0.2, -0.15) is 10.5 Å². The maximum absolute atomic E-state index is 13.0. The summed E-state index contributed by atoms with van der Waals surface area (Å²) in [6.07, 6.45) is 0. The smallest absolute Gasteiger partial charge is 0.154 e. The van der Waals surface area contributed by atoms with Gasteiger partial charge in [0.1, 0.15) is 18.0 Å². The lowest BCUT2D eigenvalue weighted by molar-refractivity contribution is 0.615. The number of halogens is 3. The van der Waals surface area contributed by atoms with Gasteiger partial charge in [0.15, 0.2) is 5.82 Å². The Bertz CT molecular complexity index is 743. The molecule has 0 bridgehead atoms. The Morgan fingerprint density at radius 3 is 2.05 bits per heavy atom. The largest absolute Gasteiger partial charge is 0.206 e. The molecule has 0 spiro atoms. The molecule has 106 valence electrons. The van der Waals surface area contributed by atoms with E-state index >= 15 is 0 Å². The fourth-order valence-corrected chi connectivity index (χ4v) is 1.91. The van der Waals surface area contributed by atoms with E-state index in [4.69, 9.17) is 10.5 Å². The summed E-state index contributed by atoms with van der Waals surface area (Å²) in [4.78, 5) is 0. The molecule has 2 rings (SSSR count). The summed E-state index contributed by atoms with van der Waals surface area (Å²) in [6.45, 7) is 3.59. The Balaban J connectivity index is 0.000000211. The lowest BCUT2D eigenvalue weighted by atomic mass is 10.1. The summed E-state index contributed by atoms with van der Waals surface area (Å²) < 4.78 is 26.2. The highest BCUT2D eigenvalue weighted by Crippen LogP contribution is 2.18. The van der Waals surface area contributed by atoms with Crippen LogP contribution in [0.15, 0.2) is 30.3 Å². The number of hydrogen-bond acceptors (Lipinski definition) is 2. The first-order chi connectivity index (χ1) is 9.90. The minimum absolute atomic E-state index is 0.102. The fraction of sp³-hybridized carbons (Fsp3) is 0.125. The van der Waals surface area contributed by atoms with Gasteiger partial charge in [-0.25, -0.2) is 8.78 Å². The van der Waals surface area contributed by atoms with Gasteiger partial charge < -0.3 is 0 Å². The van der Waals surface area contributed by atoms with Crippen molar-refractivity contribution in [1.29, 1.82) is 10.5 Å². The molecular weight excluding hydrogens is 385 g/mol. The molecule has 0 aromatic heterocycles. The van der Waals surface area contributed by atoms with Gasteiger partial charge in [0.25, 0.3) is 0 Å². The zero-order valence-electron chi connectivity index (χ0n) is 11.4. The van der Waals surface area contributed by atoms with Crippen LogP contribution in [0.4, 0.5) is 8.78 Å². The molecule has 2 aromatic rings. The van der Waals surface area contributed by atoms with Crippen LogP contribution in [0.5, 0.6) is 0 Å². The van der Waals surface area contributed by atoms with E-state index in [1.54, 1.807) is 31.2 Å². The number of aryl methyl sites for hydroxylation is 2. The average molecular weight is 396 g/mol. The van der Waals surface area contributed by atoms with Crippen LogP contribution in [0, 0.1) is 51.7 Å². The third-order valence-electron chi connectivity index (χ3n) is 2.64. The Morgan fingerprint density at radius 2 is 1.52 bits per heavy atom. The van der Waals surface area contributed by atoms with Crippen LogP contribution in [0.2, 0.25) is 0 Å². The van der Waals surface area contributed by atoms with Gasteiger partial charge in [0.2, 0.25) is 0 Å². The van der Waals surface area contributed by atoms with E-state index in [1.807, 2.05) is 29.5 Å². The summed E-state index contributed by atoms with van der Waals surface area (Å²) in [6, 6.07) is 11.3. The number of hydrogen-bond donors (Lipinski definition) is 0. The average Bonchev–Trinajstić information content (AvgIpc) is 2.46. The topological polar surface area (TPSA) is 47.6 Å². The van der Waals surface area contributed by atoms with Crippen LogP contribution < -0.4 is 0 Å². The van der Waals surface area contributed by atoms with Crippen molar-refractivity contribution in [2.45, 2.75) is 13.8 Å². The number of nitrogens with zero attached hydrogens (tertiary/aromatic N) is 2. The molecule has 0 aliphatic heterocycles.